The van der Waals surface area contributed by atoms with Gasteiger partial charge in [-0.2, -0.15) is 0 Å². The molecule has 0 N–H and O–H groups in total. The highest BCUT2D eigenvalue weighted by molar-refractivity contribution is 6.13. The first kappa shape index (κ1) is 19.2. The Bertz CT molecular complexity index is 1290. The Morgan fingerprint density at radius 2 is 1.76 bits per heavy atom. The van der Waals surface area contributed by atoms with Crippen molar-refractivity contribution in [3.8, 4) is 11.3 Å². The molecule has 0 unspecified atom stereocenters. The van der Waals surface area contributed by atoms with Crippen LogP contribution < -0.4 is 4.57 Å². The Kier molecular flexibility index (Phi) is 4.67. The molecule has 0 amide bonds. The van der Waals surface area contributed by atoms with Crippen LogP contribution in [0, 0.1) is 13.5 Å². The minimum atomic E-state index is 0.209. The van der Waals surface area contributed by atoms with E-state index >= 15 is 0 Å². The van der Waals surface area contributed by atoms with Crippen molar-refractivity contribution in [3.63, 3.8) is 0 Å². The van der Waals surface area contributed by atoms with Gasteiger partial charge in [0.05, 0.1) is 12.1 Å². The van der Waals surface area contributed by atoms with Crippen molar-refractivity contribution in [2.24, 2.45) is 7.05 Å². The zero-order valence-electron chi connectivity index (χ0n) is 18.0. The number of benzene rings is 2. The first-order valence-corrected chi connectivity index (χ1v) is 10.2. The van der Waals surface area contributed by atoms with Crippen molar-refractivity contribution < 1.29 is 8.98 Å². The Labute approximate surface area is 172 Å². The molecule has 2 aromatic carbocycles. The van der Waals surface area contributed by atoms with Gasteiger partial charge in [0.2, 0.25) is 5.69 Å². The maximum atomic E-state index is 7.74. The maximum Gasteiger partial charge on any atom is 0.216 e. The van der Waals surface area contributed by atoms with E-state index in [1.165, 1.54) is 11.1 Å². The monoisotopic (exact) mass is 383 g/mol. The largest absolute Gasteiger partial charge is 0.456 e. The van der Waals surface area contributed by atoms with Crippen LogP contribution in [-0.2, 0) is 7.05 Å². The third kappa shape index (κ3) is 2.91. The molecule has 0 saturated carbocycles. The Morgan fingerprint density at radius 3 is 2.38 bits per heavy atom. The molecule has 0 spiro atoms. The number of furan rings is 1. The topological polar surface area (TPSA) is 21.4 Å². The second kappa shape index (κ2) is 7.04. The normalized spacial score (nSPS) is 11.7. The van der Waals surface area contributed by atoms with E-state index in [1.807, 2.05) is 6.07 Å². The fourth-order valence-corrected chi connectivity index (χ4v) is 4.36. The van der Waals surface area contributed by atoms with Gasteiger partial charge in [-0.15, -0.1) is 0 Å². The van der Waals surface area contributed by atoms with E-state index in [9.17, 15) is 0 Å². The molecule has 0 bridgehead atoms. The number of aromatic nitrogens is 1. The van der Waals surface area contributed by atoms with E-state index in [0.29, 0.717) is 11.6 Å². The van der Waals surface area contributed by atoms with Crippen LogP contribution in [0.15, 0.2) is 47.0 Å². The minimum Gasteiger partial charge on any atom is -0.456 e. The summed E-state index contributed by atoms with van der Waals surface area (Å²) in [7, 11) is 2.06. The van der Waals surface area contributed by atoms with Gasteiger partial charge in [0, 0.05) is 28.5 Å². The van der Waals surface area contributed by atoms with E-state index in [4.69, 9.17) is 11.0 Å². The van der Waals surface area contributed by atoms with E-state index in [1.54, 1.807) is 0 Å². The van der Waals surface area contributed by atoms with Gasteiger partial charge in [-0.25, -0.2) is 9.41 Å². The van der Waals surface area contributed by atoms with Crippen LogP contribution in [-0.4, -0.2) is 0 Å². The van der Waals surface area contributed by atoms with Gasteiger partial charge >= 0.3 is 0 Å². The van der Waals surface area contributed by atoms with Crippen LogP contribution in [0.1, 0.15) is 56.2 Å². The van der Waals surface area contributed by atoms with Crippen LogP contribution in [0.4, 0.5) is 5.69 Å². The van der Waals surface area contributed by atoms with Gasteiger partial charge in [0.25, 0.3) is 0 Å². The van der Waals surface area contributed by atoms with Crippen molar-refractivity contribution >= 4 is 27.6 Å². The second-order valence-corrected chi connectivity index (χ2v) is 8.46. The Balaban J connectivity index is 2.25. The summed E-state index contributed by atoms with van der Waals surface area (Å²) in [6, 6.07) is 12.7. The lowest BCUT2D eigenvalue weighted by molar-refractivity contribution is -0.660. The van der Waals surface area contributed by atoms with Crippen molar-refractivity contribution in [2.75, 3.05) is 0 Å². The van der Waals surface area contributed by atoms with Crippen molar-refractivity contribution in [1.29, 1.82) is 0 Å². The van der Waals surface area contributed by atoms with Crippen LogP contribution in [0.3, 0.4) is 0 Å². The van der Waals surface area contributed by atoms with Crippen molar-refractivity contribution in [2.45, 2.75) is 46.5 Å². The third-order valence-electron chi connectivity index (χ3n) is 5.80. The summed E-state index contributed by atoms with van der Waals surface area (Å²) in [6.45, 7) is 18.5. The van der Waals surface area contributed by atoms with E-state index < -0.39 is 0 Å². The molecular weight excluding hydrogens is 356 g/mol. The molecule has 0 atom stereocenters. The van der Waals surface area contributed by atoms with Gasteiger partial charge in [-0.05, 0) is 36.0 Å². The van der Waals surface area contributed by atoms with Gasteiger partial charge in [0.1, 0.15) is 18.2 Å². The van der Waals surface area contributed by atoms with Crippen LogP contribution >= 0.6 is 0 Å². The fourth-order valence-electron chi connectivity index (χ4n) is 4.36. The number of pyridine rings is 1. The summed E-state index contributed by atoms with van der Waals surface area (Å²) in [6.07, 6.45) is 2.06. The SMILES string of the molecule is [C-]#[N+]c1cc(C(C)C)c2c(oc3c(-c4cccc[n+]4C)c(C)ccc32)c1C(C)C. The molecule has 0 aliphatic heterocycles. The molecule has 3 heteroatoms. The van der Waals surface area contributed by atoms with Gasteiger partial charge < -0.3 is 4.42 Å². The molecule has 2 aromatic heterocycles. The average Bonchev–Trinajstić information content (AvgIpc) is 3.06. The standard InChI is InChI=1S/C26H27N2O/c1-15(2)19-14-20(27-6)22(16(3)4)26-24(19)18-12-11-17(5)23(25(18)29-26)21-10-8-9-13-28(21)7/h8-16H,1-5,7H3/q+1. The molecule has 0 saturated heterocycles. The van der Waals surface area contributed by atoms with Crippen LogP contribution in [0.5, 0.6) is 0 Å². The Hall–Kier alpha value is -3.12. The first-order valence-electron chi connectivity index (χ1n) is 10.2. The lowest BCUT2D eigenvalue weighted by atomic mass is 9.90. The van der Waals surface area contributed by atoms with Crippen molar-refractivity contribution in [1.82, 2.24) is 0 Å². The molecule has 4 aromatic rings. The van der Waals surface area contributed by atoms with Gasteiger partial charge in [-0.1, -0.05) is 45.9 Å². The molecule has 0 fully saturated rings. The summed E-state index contributed by atoms with van der Waals surface area (Å²) in [5.41, 5.74) is 8.11. The smallest absolute Gasteiger partial charge is 0.216 e. The molecule has 29 heavy (non-hydrogen) atoms. The third-order valence-corrected chi connectivity index (χ3v) is 5.80. The zero-order chi connectivity index (χ0) is 20.9. The molecule has 4 rings (SSSR count). The van der Waals surface area contributed by atoms with E-state index in [-0.39, 0.29) is 5.92 Å². The number of rotatable bonds is 3. The molecule has 0 aliphatic rings. The summed E-state index contributed by atoms with van der Waals surface area (Å²) >= 11 is 0. The summed E-state index contributed by atoms with van der Waals surface area (Å²) in [5, 5.41) is 2.29. The van der Waals surface area contributed by atoms with Crippen molar-refractivity contribution in [3.05, 3.63) is 70.7 Å². The first-order chi connectivity index (χ1) is 13.8. The highest BCUT2D eigenvalue weighted by Gasteiger charge is 2.25. The fraction of sp³-hybridized carbons (Fsp3) is 0.308. The number of fused-ring (bicyclic) bond motifs is 3. The second-order valence-electron chi connectivity index (χ2n) is 8.46. The van der Waals surface area contributed by atoms with Gasteiger partial charge in [-0.3, -0.25) is 0 Å². The predicted molar refractivity (Wildman–Crippen MR) is 120 cm³/mol. The predicted octanol–water partition coefficient (Wildman–Crippen LogP) is 7.18. The highest BCUT2D eigenvalue weighted by atomic mass is 16.3. The van der Waals surface area contributed by atoms with E-state index in [2.05, 4.69) is 87.6 Å². The summed E-state index contributed by atoms with van der Waals surface area (Å²) in [5.74, 6) is 0.512. The Morgan fingerprint density at radius 1 is 1.00 bits per heavy atom. The lowest BCUT2D eigenvalue weighted by Gasteiger charge is -2.14. The highest BCUT2D eigenvalue weighted by Crippen LogP contribution is 2.45. The van der Waals surface area contributed by atoms with E-state index in [0.717, 1.165) is 38.8 Å². The molecule has 2 heterocycles. The molecule has 146 valence electrons. The van der Waals surface area contributed by atoms with Crippen LogP contribution in [0.2, 0.25) is 0 Å². The minimum absolute atomic E-state index is 0.209. The number of nitrogens with zero attached hydrogens (tertiary/aromatic N) is 2. The number of hydrogen-bond acceptors (Lipinski definition) is 1. The molecule has 0 radical (unpaired) electrons. The average molecular weight is 384 g/mol. The van der Waals surface area contributed by atoms with Crippen LogP contribution in [0.25, 0.3) is 38.0 Å². The zero-order valence-corrected chi connectivity index (χ0v) is 18.0. The number of aryl methyl sites for hydroxylation is 2. The quantitative estimate of drug-likeness (QED) is 0.271. The summed E-state index contributed by atoms with van der Waals surface area (Å²) < 4.78 is 8.77. The molecule has 0 aliphatic carbocycles. The van der Waals surface area contributed by atoms with Gasteiger partial charge in [0.15, 0.2) is 11.9 Å². The maximum absolute atomic E-state index is 7.74. The lowest BCUT2D eigenvalue weighted by Crippen LogP contribution is -2.30. The molecular formula is C26H27N2O+. The summed E-state index contributed by atoms with van der Waals surface area (Å²) in [4.78, 5) is 3.85. The number of hydrogen-bond donors (Lipinski definition) is 0. The molecule has 3 nitrogen and oxygen atoms in total.